The Kier molecular flexibility index (Phi) is 15.3. The van der Waals surface area contributed by atoms with E-state index in [2.05, 4.69) is 214 Å². The second kappa shape index (κ2) is 19.1. The van der Waals surface area contributed by atoms with Crippen LogP contribution >= 0.6 is 42.7 Å². The van der Waals surface area contributed by atoms with Gasteiger partial charge in [-0.2, -0.15) is 0 Å². The Bertz CT molecular complexity index is 1430. The zero-order valence-electron chi connectivity index (χ0n) is 27.9. The molecule has 0 aromatic heterocycles. The molecular weight excluding hydrogens is 833 g/mol. The Morgan fingerprint density at radius 2 is 0.383 bits per heavy atom. The molecule has 6 rings (SSSR count). The van der Waals surface area contributed by atoms with Crippen molar-refractivity contribution in [2.75, 3.05) is 0 Å². The van der Waals surface area contributed by atoms with Crippen LogP contribution < -0.4 is 31.8 Å². The predicted molar refractivity (Wildman–Crippen MR) is 219 cm³/mol. The summed E-state index contributed by atoms with van der Waals surface area (Å²) in [7, 11) is -1.85. The fourth-order valence-electron chi connectivity index (χ4n) is 5.32. The fraction of sp³-hybridized carbons (Fsp3) is 0.143. The van der Waals surface area contributed by atoms with Crippen molar-refractivity contribution in [3.63, 3.8) is 0 Å². The van der Waals surface area contributed by atoms with Crippen LogP contribution in [-0.2, 0) is 13.9 Å². The van der Waals surface area contributed by atoms with Gasteiger partial charge in [-0.3, -0.25) is 0 Å². The fourth-order valence-corrected chi connectivity index (χ4v) is 10.3. The minimum absolute atomic E-state index is 0.575. The Hall–Kier alpha value is -2.20. The molecule has 0 saturated heterocycles. The molecule has 0 aliphatic rings. The average molecular weight is 877 g/mol. The van der Waals surface area contributed by atoms with E-state index < -0.39 is 15.8 Å². The van der Waals surface area contributed by atoms with Crippen LogP contribution in [0.25, 0.3) is 0 Å². The van der Waals surface area contributed by atoms with Gasteiger partial charge in [0.05, 0.1) is 15.8 Å². The van der Waals surface area contributed by atoms with Gasteiger partial charge in [-0.1, -0.05) is 106 Å². The molecule has 0 bridgehead atoms. The zero-order valence-corrected chi connectivity index (χ0v) is 34.7. The van der Waals surface area contributed by atoms with Crippen LogP contribution in [0.2, 0.25) is 0 Å². The van der Waals surface area contributed by atoms with Gasteiger partial charge in [0.1, 0.15) is 31.8 Å². The van der Waals surface area contributed by atoms with E-state index in [1.165, 1.54) is 65.2 Å². The first-order valence-electron chi connectivity index (χ1n) is 15.7. The Balaban J connectivity index is 0.000000197. The second-order valence-electron chi connectivity index (χ2n) is 12.0. The summed E-state index contributed by atoms with van der Waals surface area (Å²) in [6, 6.07) is 54.2. The van der Waals surface area contributed by atoms with Crippen LogP contribution in [0, 0.1) is 41.5 Å². The third-order valence-electron chi connectivity index (χ3n) is 8.04. The van der Waals surface area contributed by atoms with Crippen LogP contribution in [0.4, 0.5) is 0 Å². The summed E-state index contributed by atoms with van der Waals surface area (Å²) in [6.07, 6.45) is 0. The Morgan fingerprint density at radius 1 is 0.277 bits per heavy atom. The third-order valence-corrected chi connectivity index (χ3v) is 13.5. The van der Waals surface area contributed by atoms with Gasteiger partial charge < -0.3 is 0 Å². The summed E-state index contributed by atoms with van der Waals surface area (Å²) >= 11 is 6.80. The summed E-state index contributed by atoms with van der Waals surface area (Å²) in [5.74, 6) is 0. The van der Waals surface area contributed by atoms with Crippen molar-refractivity contribution >= 4 is 74.5 Å². The van der Waals surface area contributed by atoms with E-state index in [1.54, 1.807) is 0 Å². The molecule has 0 amide bonds. The molecule has 0 aliphatic carbocycles. The SMILES string of the molecule is Cc1ccc([PH+](c2ccc(C)cc2)c2ccc(C)cc2)cc1.Cc1ccc([PH+](c2ccc(C)cc2)c2ccc(C)cc2)cc1.[Br][Pd][Br]. The van der Waals surface area contributed by atoms with Crippen LogP contribution in [0.15, 0.2) is 146 Å². The number of hydrogen-bond donors (Lipinski definition) is 0. The van der Waals surface area contributed by atoms with Gasteiger partial charge in [0.25, 0.3) is 0 Å². The summed E-state index contributed by atoms with van der Waals surface area (Å²) in [6.45, 7) is 12.9. The monoisotopic (exact) mass is 874 g/mol. The van der Waals surface area contributed by atoms with E-state index in [0.717, 1.165) is 0 Å². The van der Waals surface area contributed by atoms with Crippen LogP contribution in [0.3, 0.4) is 0 Å². The van der Waals surface area contributed by atoms with E-state index in [-0.39, 0.29) is 0 Å². The quantitative estimate of drug-likeness (QED) is 0.116. The standard InChI is InChI=1S/2C21H21P.2BrH.Pd/c2*1-16-4-10-19(11-5-16)22(20-12-6-17(2)7-13-20)21-14-8-18(3)9-15-21;;;/h2*4-15H,1-3H3;2*1H;/q;;;;+2. The van der Waals surface area contributed by atoms with E-state index in [9.17, 15) is 0 Å². The summed E-state index contributed by atoms with van der Waals surface area (Å²) in [5.41, 5.74) is 7.91. The van der Waals surface area contributed by atoms with Crippen LogP contribution in [-0.4, -0.2) is 0 Å². The first kappa shape index (κ1) is 37.6. The van der Waals surface area contributed by atoms with Crippen molar-refractivity contribution in [2.45, 2.75) is 41.5 Å². The van der Waals surface area contributed by atoms with Crippen molar-refractivity contribution in [1.29, 1.82) is 0 Å². The van der Waals surface area contributed by atoms with Crippen LogP contribution in [0.5, 0.6) is 0 Å². The average Bonchev–Trinajstić information content (AvgIpc) is 3.07. The molecule has 0 fully saturated rings. The van der Waals surface area contributed by atoms with Gasteiger partial charge in [0, 0.05) is 0 Å². The third kappa shape index (κ3) is 11.4. The number of halogens is 2. The van der Waals surface area contributed by atoms with Gasteiger partial charge in [0.15, 0.2) is 0 Å². The molecule has 47 heavy (non-hydrogen) atoms. The summed E-state index contributed by atoms with van der Waals surface area (Å²) < 4.78 is 0. The van der Waals surface area contributed by atoms with Gasteiger partial charge in [-0.25, -0.2) is 0 Å². The second-order valence-corrected chi connectivity index (χ2v) is 24.1. The Morgan fingerprint density at radius 3 is 0.489 bits per heavy atom. The van der Waals surface area contributed by atoms with Crippen molar-refractivity contribution in [1.82, 2.24) is 0 Å². The normalized spacial score (nSPS) is 10.7. The molecule has 0 nitrogen and oxygen atoms in total. The zero-order chi connectivity index (χ0) is 33.8. The molecule has 0 heterocycles. The number of hydrogen-bond acceptors (Lipinski definition) is 0. The molecule has 0 aliphatic heterocycles. The van der Waals surface area contributed by atoms with Gasteiger partial charge in [-0.15, -0.1) is 0 Å². The molecule has 6 aromatic rings. The van der Waals surface area contributed by atoms with Crippen molar-refractivity contribution in [2.24, 2.45) is 0 Å². The number of rotatable bonds is 6. The molecule has 6 aromatic carbocycles. The first-order valence-corrected chi connectivity index (χ1v) is 25.8. The molecule has 0 spiro atoms. The van der Waals surface area contributed by atoms with Gasteiger partial charge >= 0.3 is 40.8 Å². The van der Waals surface area contributed by atoms with Crippen molar-refractivity contribution in [3.05, 3.63) is 179 Å². The number of benzene rings is 6. The van der Waals surface area contributed by atoms with E-state index in [1.807, 2.05) is 0 Å². The molecule has 0 unspecified atom stereocenters. The Labute approximate surface area is 306 Å². The molecule has 0 N–H and O–H groups in total. The first-order chi connectivity index (χ1) is 22.7. The minimum atomic E-state index is -0.927. The molecule has 0 radical (unpaired) electrons. The van der Waals surface area contributed by atoms with Crippen LogP contribution in [0.1, 0.15) is 33.4 Å². The molecule has 244 valence electrons. The van der Waals surface area contributed by atoms with Gasteiger partial charge in [0.2, 0.25) is 0 Å². The van der Waals surface area contributed by atoms with Crippen molar-refractivity contribution < 1.29 is 13.9 Å². The van der Waals surface area contributed by atoms with Crippen molar-refractivity contribution in [3.8, 4) is 0 Å². The molecule has 5 heteroatoms. The summed E-state index contributed by atoms with van der Waals surface area (Å²) in [5, 5.41) is 8.69. The summed E-state index contributed by atoms with van der Waals surface area (Å²) in [4.78, 5) is 0. The molecule has 0 atom stereocenters. The number of aryl methyl sites for hydroxylation is 6. The maximum atomic E-state index is 3.11. The van der Waals surface area contributed by atoms with E-state index >= 15 is 0 Å². The van der Waals surface area contributed by atoms with E-state index in [0.29, 0.717) is 13.9 Å². The maximum absolute atomic E-state index is 3.11. The molecule has 0 saturated carbocycles. The predicted octanol–water partition coefficient (Wildman–Crippen LogP) is 9.89. The topological polar surface area (TPSA) is 0 Å². The molecular formula is C42H44Br2P2Pd+2. The van der Waals surface area contributed by atoms with E-state index in [4.69, 9.17) is 0 Å². The van der Waals surface area contributed by atoms with Gasteiger partial charge in [-0.05, 0) is 114 Å².